The zero-order valence-electron chi connectivity index (χ0n) is 18.9. The lowest BCUT2D eigenvalue weighted by Gasteiger charge is -2.50. The van der Waals surface area contributed by atoms with E-state index in [9.17, 15) is 0 Å². The van der Waals surface area contributed by atoms with E-state index < -0.39 is 0 Å². The monoisotopic (exact) mass is 376 g/mol. The Morgan fingerprint density at radius 2 is 1.71 bits per heavy atom. The minimum atomic E-state index is 0.181. The Morgan fingerprint density at radius 1 is 1.07 bits per heavy atom. The van der Waals surface area contributed by atoms with Crippen LogP contribution in [0.4, 0.5) is 11.4 Å². The van der Waals surface area contributed by atoms with Crippen LogP contribution in [0.1, 0.15) is 89.0 Å². The highest BCUT2D eigenvalue weighted by molar-refractivity contribution is 5.86. The summed E-state index contributed by atoms with van der Waals surface area (Å²) in [4.78, 5) is 7.35. The first-order valence-electron chi connectivity index (χ1n) is 10.7. The zero-order valence-corrected chi connectivity index (χ0v) is 18.9. The zero-order chi connectivity index (χ0) is 20.6. The van der Waals surface area contributed by atoms with E-state index in [1.165, 1.54) is 34.4 Å². The van der Waals surface area contributed by atoms with Crippen molar-refractivity contribution in [3.8, 4) is 0 Å². The van der Waals surface area contributed by atoms with Crippen molar-refractivity contribution in [3.63, 3.8) is 0 Å². The summed E-state index contributed by atoms with van der Waals surface area (Å²) in [6.07, 6.45) is 3.21. The van der Waals surface area contributed by atoms with E-state index >= 15 is 0 Å². The van der Waals surface area contributed by atoms with Crippen LogP contribution in [0.15, 0.2) is 41.4 Å². The summed E-state index contributed by atoms with van der Waals surface area (Å²) in [5.74, 6) is 1.11. The van der Waals surface area contributed by atoms with Crippen LogP contribution in [-0.2, 0) is 0 Å². The van der Waals surface area contributed by atoms with Gasteiger partial charge in [-0.25, -0.2) is 0 Å². The van der Waals surface area contributed by atoms with Gasteiger partial charge >= 0.3 is 0 Å². The molecule has 0 unspecified atom stereocenters. The van der Waals surface area contributed by atoms with E-state index in [1.807, 2.05) is 6.21 Å². The van der Waals surface area contributed by atoms with E-state index in [4.69, 9.17) is 4.99 Å². The number of anilines is 1. The van der Waals surface area contributed by atoms with E-state index in [0.29, 0.717) is 17.9 Å². The topological polar surface area (TPSA) is 15.6 Å². The highest BCUT2D eigenvalue weighted by atomic mass is 15.2. The van der Waals surface area contributed by atoms with Crippen molar-refractivity contribution in [2.24, 2.45) is 4.99 Å². The lowest BCUT2D eigenvalue weighted by molar-refractivity contribution is 0.356. The molecule has 0 saturated carbocycles. The van der Waals surface area contributed by atoms with Gasteiger partial charge in [-0.2, -0.15) is 0 Å². The molecule has 2 heteroatoms. The molecule has 2 nitrogen and oxygen atoms in total. The van der Waals surface area contributed by atoms with Gasteiger partial charge in [-0.15, -0.1) is 0 Å². The summed E-state index contributed by atoms with van der Waals surface area (Å²) in [7, 11) is 0. The van der Waals surface area contributed by atoms with Gasteiger partial charge in [0.2, 0.25) is 0 Å². The quantitative estimate of drug-likeness (QED) is 0.509. The third-order valence-corrected chi connectivity index (χ3v) is 6.09. The molecular weight excluding hydrogens is 340 g/mol. The second kappa shape index (κ2) is 7.73. The van der Waals surface area contributed by atoms with Gasteiger partial charge in [-0.1, -0.05) is 32.9 Å². The first kappa shape index (κ1) is 20.6. The number of aliphatic imine (C=N–C) groups is 1. The fourth-order valence-electron chi connectivity index (χ4n) is 4.82. The molecule has 1 heterocycles. The molecule has 150 valence electrons. The number of nitrogens with zero attached hydrogens (tertiary/aromatic N) is 2. The fourth-order valence-corrected chi connectivity index (χ4v) is 4.82. The molecule has 0 fully saturated rings. The maximum Gasteiger partial charge on any atom is 0.0630 e. The Kier molecular flexibility index (Phi) is 5.70. The van der Waals surface area contributed by atoms with Gasteiger partial charge in [0.1, 0.15) is 0 Å². The molecule has 1 atom stereocenters. The molecule has 0 aromatic heterocycles. The van der Waals surface area contributed by atoms with Gasteiger partial charge < -0.3 is 4.90 Å². The van der Waals surface area contributed by atoms with Crippen molar-refractivity contribution in [2.75, 3.05) is 4.90 Å². The van der Waals surface area contributed by atoms with Gasteiger partial charge in [0.05, 0.1) is 5.69 Å². The second-order valence-corrected chi connectivity index (χ2v) is 9.65. The van der Waals surface area contributed by atoms with Crippen LogP contribution >= 0.6 is 0 Å². The Morgan fingerprint density at radius 3 is 2.29 bits per heavy atom. The Labute approximate surface area is 171 Å². The molecule has 0 amide bonds. The number of hydrogen-bond donors (Lipinski definition) is 0. The van der Waals surface area contributed by atoms with Crippen LogP contribution in [0.5, 0.6) is 0 Å². The first-order chi connectivity index (χ1) is 13.1. The van der Waals surface area contributed by atoms with Crippen LogP contribution in [0, 0.1) is 6.92 Å². The number of hydrogen-bond acceptors (Lipinski definition) is 2. The van der Waals surface area contributed by atoms with Gasteiger partial charge in [-0.05, 0) is 99.4 Å². The lowest BCUT2D eigenvalue weighted by atomic mass is 9.78. The number of aryl methyl sites for hydroxylation is 1. The normalized spacial score (nSPS) is 18.9. The minimum absolute atomic E-state index is 0.181. The molecule has 1 aliphatic rings. The average Bonchev–Trinajstić information content (AvgIpc) is 2.59. The summed E-state index contributed by atoms with van der Waals surface area (Å²) in [6.45, 7) is 18.3. The van der Waals surface area contributed by atoms with Gasteiger partial charge in [0, 0.05) is 23.5 Å². The number of fused-ring (bicyclic) bond motifs is 1. The molecule has 0 radical (unpaired) electrons. The van der Waals surface area contributed by atoms with Crippen LogP contribution < -0.4 is 4.90 Å². The maximum absolute atomic E-state index is 4.76. The van der Waals surface area contributed by atoms with Crippen molar-refractivity contribution >= 4 is 17.6 Å². The summed E-state index contributed by atoms with van der Waals surface area (Å²) in [5, 5.41) is 0. The number of rotatable bonds is 4. The van der Waals surface area contributed by atoms with E-state index in [0.717, 1.165) is 5.69 Å². The van der Waals surface area contributed by atoms with Crippen molar-refractivity contribution in [1.29, 1.82) is 0 Å². The highest BCUT2D eigenvalue weighted by Crippen LogP contribution is 2.45. The molecule has 0 saturated heterocycles. The van der Waals surface area contributed by atoms with Crippen molar-refractivity contribution in [1.82, 2.24) is 0 Å². The molecule has 0 bridgehead atoms. The highest BCUT2D eigenvalue weighted by Gasteiger charge is 2.37. The lowest BCUT2D eigenvalue weighted by Crippen LogP contribution is -2.51. The molecule has 2 aromatic carbocycles. The van der Waals surface area contributed by atoms with Gasteiger partial charge in [0.25, 0.3) is 0 Å². The molecule has 0 spiro atoms. The predicted octanol–water partition coefficient (Wildman–Crippen LogP) is 7.37. The second-order valence-electron chi connectivity index (χ2n) is 9.65. The molecule has 3 rings (SSSR count). The Bertz CT molecular complexity index is 857. The largest absolute Gasteiger partial charge is 0.364 e. The smallest absolute Gasteiger partial charge is 0.0630 e. The Hall–Kier alpha value is -2.09. The summed E-state index contributed by atoms with van der Waals surface area (Å²) < 4.78 is 0. The van der Waals surface area contributed by atoms with Crippen LogP contribution in [-0.4, -0.2) is 17.8 Å². The van der Waals surface area contributed by atoms with E-state index in [1.54, 1.807) is 0 Å². The molecular formula is C26H36N2. The van der Waals surface area contributed by atoms with Gasteiger partial charge in [0.15, 0.2) is 0 Å². The predicted molar refractivity (Wildman–Crippen MR) is 124 cm³/mol. The van der Waals surface area contributed by atoms with E-state index in [2.05, 4.69) is 96.7 Å². The minimum Gasteiger partial charge on any atom is -0.364 e. The van der Waals surface area contributed by atoms with E-state index in [-0.39, 0.29) is 5.54 Å². The van der Waals surface area contributed by atoms with Crippen LogP contribution in [0.25, 0.3) is 0 Å². The number of benzene rings is 2. The standard InChI is InChI=1S/C26H36N2/c1-17(2)21-9-11-23(12-10-21)27-16-22-14-24-20(6)15-26(7,8)28(18(3)4)25(24)13-19(22)5/h9-14,16-18,20H,15H2,1-8H3/t20-/m0/s1. The summed E-state index contributed by atoms with van der Waals surface area (Å²) >= 11 is 0. The maximum atomic E-state index is 4.76. The van der Waals surface area contributed by atoms with Crippen molar-refractivity contribution < 1.29 is 0 Å². The molecule has 0 N–H and O–H groups in total. The molecule has 28 heavy (non-hydrogen) atoms. The first-order valence-corrected chi connectivity index (χ1v) is 10.7. The third kappa shape index (κ3) is 4.01. The fraction of sp³-hybridized carbons (Fsp3) is 0.500. The van der Waals surface area contributed by atoms with Crippen LogP contribution in [0.2, 0.25) is 0 Å². The van der Waals surface area contributed by atoms with Crippen LogP contribution in [0.3, 0.4) is 0 Å². The average molecular weight is 377 g/mol. The van der Waals surface area contributed by atoms with Crippen molar-refractivity contribution in [2.45, 2.75) is 85.2 Å². The van der Waals surface area contributed by atoms with Gasteiger partial charge in [-0.3, -0.25) is 4.99 Å². The molecule has 2 aromatic rings. The Balaban J connectivity index is 1.95. The molecule has 1 aliphatic heterocycles. The summed E-state index contributed by atoms with van der Waals surface area (Å²) in [6, 6.07) is 13.8. The summed E-state index contributed by atoms with van der Waals surface area (Å²) in [5.41, 5.74) is 7.91. The SMILES string of the molecule is Cc1cc2c(cc1C=Nc1ccc(C(C)C)cc1)[C@@H](C)CC(C)(C)N2C(C)C. The third-order valence-electron chi connectivity index (χ3n) is 6.09. The van der Waals surface area contributed by atoms with Crippen molar-refractivity contribution in [3.05, 3.63) is 58.7 Å². The molecule has 0 aliphatic carbocycles.